The van der Waals surface area contributed by atoms with Crippen LogP contribution in [-0.4, -0.2) is 43.7 Å². The van der Waals surface area contributed by atoms with Crippen LogP contribution >= 0.6 is 12.4 Å². The number of hydrogen-bond donors (Lipinski definition) is 0. The Morgan fingerprint density at radius 1 is 1.09 bits per heavy atom. The van der Waals surface area contributed by atoms with Crippen LogP contribution in [0.1, 0.15) is 35.6 Å². The van der Waals surface area contributed by atoms with Gasteiger partial charge in [0.2, 0.25) is 5.91 Å². The number of amides is 1. The summed E-state index contributed by atoms with van der Waals surface area (Å²) in [7, 11) is 0. The van der Waals surface area contributed by atoms with Gasteiger partial charge in [-0.2, -0.15) is 0 Å². The Labute approximate surface area is 197 Å². The molecule has 0 saturated carbocycles. The van der Waals surface area contributed by atoms with E-state index in [9.17, 15) is 9.18 Å². The van der Waals surface area contributed by atoms with Gasteiger partial charge in [-0.1, -0.05) is 37.3 Å². The fourth-order valence-electron chi connectivity index (χ4n) is 5.19. The molecule has 1 amide bonds. The van der Waals surface area contributed by atoms with Gasteiger partial charge in [-0.3, -0.25) is 9.69 Å². The molecule has 0 unspecified atom stereocenters. The highest BCUT2D eigenvalue weighted by atomic mass is 35.5. The van der Waals surface area contributed by atoms with Crippen molar-refractivity contribution in [1.29, 1.82) is 0 Å². The molecule has 0 aromatic heterocycles. The Hall–Kier alpha value is -1.95. The summed E-state index contributed by atoms with van der Waals surface area (Å²) in [4.78, 5) is 17.5. The maximum Gasteiger partial charge on any atom is 0.229 e. The summed E-state index contributed by atoms with van der Waals surface area (Å²) in [5.74, 6) is 0.212. The smallest absolute Gasteiger partial charge is 0.229 e. The quantitative estimate of drug-likeness (QED) is 0.634. The summed E-state index contributed by atoms with van der Waals surface area (Å²) in [6.45, 7) is 11.2. The van der Waals surface area contributed by atoms with E-state index in [2.05, 4.69) is 30.9 Å². The Morgan fingerprint density at radius 3 is 2.41 bits per heavy atom. The van der Waals surface area contributed by atoms with Gasteiger partial charge >= 0.3 is 0 Å². The van der Waals surface area contributed by atoms with Gasteiger partial charge in [-0.25, -0.2) is 4.39 Å². The van der Waals surface area contributed by atoms with Crippen LogP contribution in [0.3, 0.4) is 0 Å². The number of rotatable bonds is 5. The zero-order valence-electron chi connectivity index (χ0n) is 19.3. The van der Waals surface area contributed by atoms with Crippen LogP contribution in [0.4, 0.5) is 10.1 Å². The SMILES string of the molecule is Cc1cc(CN2CCOCC2)cc(C)c1N1C[C@@H](Cc2ccccc2F)C[C@@H](C)C1=O.Cl. The Bertz CT molecular complexity index is 922. The molecule has 2 aromatic rings. The normalized spacial score (nSPS) is 22.0. The van der Waals surface area contributed by atoms with Gasteiger partial charge in [0.05, 0.1) is 13.2 Å². The first-order valence-electron chi connectivity index (χ1n) is 11.4. The monoisotopic (exact) mass is 460 g/mol. The standard InChI is InChI=1S/C26H33FN2O2.ClH/c1-18-12-21(16-28-8-10-31-11-9-28)13-19(2)25(18)29-17-22(14-20(3)26(29)30)15-23-6-4-5-7-24(23)27;/h4-7,12-13,20,22H,8-11,14-17H2,1-3H3;1H/t20-,22-;/m1./s1. The molecule has 0 aliphatic carbocycles. The number of nitrogens with zero attached hydrogens (tertiary/aromatic N) is 2. The van der Waals surface area contributed by atoms with Crippen LogP contribution in [-0.2, 0) is 22.5 Å². The summed E-state index contributed by atoms with van der Waals surface area (Å²) in [6.07, 6.45) is 1.46. The third kappa shape index (κ3) is 5.51. The first-order chi connectivity index (χ1) is 14.9. The average molecular weight is 461 g/mol. The predicted molar refractivity (Wildman–Crippen MR) is 129 cm³/mol. The number of carbonyl (C=O) groups excluding carboxylic acids is 1. The van der Waals surface area contributed by atoms with Gasteiger partial charge in [0.15, 0.2) is 0 Å². The second kappa shape index (κ2) is 10.8. The van der Waals surface area contributed by atoms with Crippen LogP contribution in [0.2, 0.25) is 0 Å². The molecule has 0 radical (unpaired) electrons. The molecular weight excluding hydrogens is 427 g/mol. The number of carbonyl (C=O) groups is 1. The van der Waals surface area contributed by atoms with Crippen LogP contribution in [0.5, 0.6) is 0 Å². The number of ether oxygens (including phenoxy) is 1. The topological polar surface area (TPSA) is 32.8 Å². The Balaban J connectivity index is 0.00000289. The van der Waals surface area contributed by atoms with Gasteiger partial charge in [0.1, 0.15) is 5.82 Å². The summed E-state index contributed by atoms with van der Waals surface area (Å²) in [5, 5.41) is 0. The van der Waals surface area contributed by atoms with E-state index in [1.807, 2.05) is 24.0 Å². The molecule has 174 valence electrons. The minimum absolute atomic E-state index is 0. The summed E-state index contributed by atoms with van der Waals surface area (Å²) in [5.41, 5.74) is 5.32. The zero-order chi connectivity index (χ0) is 22.0. The lowest BCUT2D eigenvalue weighted by Gasteiger charge is -2.38. The Kier molecular flexibility index (Phi) is 8.32. The van der Waals surface area contributed by atoms with E-state index in [1.165, 1.54) is 11.6 Å². The Morgan fingerprint density at radius 2 is 1.75 bits per heavy atom. The molecule has 2 aliphatic heterocycles. The van der Waals surface area contributed by atoms with Crippen molar-refractivity contribution in [2.75, 3.05) is 37.7 Å². The summed E-state index contributed by atoms with van der Waals surface area (Å²) >= 11 is 0. The zero-order valence-corrected chi connectivity index (χ0v) is 20.1. The number of morpholine rings is 1. The number of hydrogen-bond acceptors (Lipinski definition) is 3. The van der Waals surface area contributed by atoms with E-state index >= 15 is 0 Å². The van der Waals surface area contributed by atoms with E-state index < -0.39 is 0 Å². The number of benzene rings is 2. The molecule has 4 nitrogen and oxygen atoms in total. The highest BCUT2D eigenvalue weighted by Crippen LogP contribution is 2.34. The van der Waals surface area contributed by atoms with E-state index in [1.54, 1.807) is 6.07 Å². The molecule has 32 heavy (non-hydrogen) atoms. The number of halogens is 2. The van der Waals surface area contributed by atoms with Crippen LogP contribution in [0.15, 0.2) is 36.4 Å². The maximum atomic E-state index is 14.2. The molecule has 2 fully saturated rings. The fraction of sp³-hybridized carbons (Fsp3) is 0.500. The van der Waals surface area contributed by atoms with Crippen molar-refractivity contribution in [2.24, 2.45) is 11.8 Å². The first kappa shape index (κ1) is 24.7. The highest BCUT2D eigenvalue weighted by molar-refractivity contribution is 5.97. The first-order valence-corrected chi connectivity index (χ1v) is 11.4. The minimum atomic E-state index is -0.154. The number of anilines is 1. The molecule has 6 heteroatoms. The molecular formula is C26H34ClFN2O2. The number of aryl methyl sites for hydroxylation is 2. The largest absolute Gasteiger partial charge is 0.379 e. The lowest BCUT2D eigenvalue weighted by Crippen LogP contribution is -2.46. The van der Waals surface area contributed by atoms with Gasteiger partial charge < -0.3 is 9.64 Å². The van der Waals surface area contributed by atoms with Crippen molar-refractivity contribution in [3.05, 3.63) is 64.5 Å². The molecule has 2 aromatic carbocycles. The van der Waals surface area contributed by atoms with Gasteiger partial charge in [0, 0.05) is 37.8 Å². The maximum absolute atomic E-state index is 14.2. The highest BCUT2D eigenvalue weighted by Gasteiger charge is 2.34. The molecule has 2 heterocycles. The summed E-state index contributed by atoms with van der Waals surface area (Å²) < 4.78 is 19.7. The minimum Gasteiger partial charge on any atom is -0.379 e. The molecule has 0 N–H and O–H groups in total. The van der Waals surface area contributed by atoms with Crippen molar-refractivity contribution >= 4 is 24.0 Å². The van der Waals surface area contributed by atoms with Crippen LogP contribution in [0, 0.1) is 31.5 Å². The average Bonchev–Trinajstić information content (AvgIpc) is 2.73. The third-order valence-corrected chi connectivity index (χ3v) is 6.61. The van der Waals surface area contributed by atoms with Crippen LogP contribution < -0.4 is 4.90 Å². The van der Waals surface area contributed by atoms with Crippen molar-refractivity contribution in [1.82, 2.24) is 4.90 Å². The second-order valence-electron chi connectivity index (χ2n) is 9.21. The van der Waals surface area contributed by atoms with Crippen molar-refractivity contribution in [2.45, 2.75) is 40.2 Å². The van der Waals surface area contributed by atoms with E-state index in [4.69, 9.17) is 4.74 Å². The molecule has 2 atom stereocenters. The number of piperidine rings is 1. The van der Waals surface area contributed by atoms with E-state index in [-0.39, 0.29) is 36.0 Å². The van der Waals surface area contributed by atoms with Gasteiger partial charge in [0.25, 0.3) is 0 Å². The lowest BCUT2D eigenvalue weighted by atomic mass is 9.84. The predicted octanol–water partition coefficient (Wildman–Crippen LogP) is 4.93. The van der Waals surface area contributed by atoms with Gasteiger partial charge in [-0.15, -0.1) is 12.4 Å². The molecule has 0 bridgehead atoms. The van der Waals surface area contributed by atoms with E-state index in [0.29, 0.717) is 13.0 Å². The van der Waals surface area contributed by atoms with Crippen molar-refractivity contribution < 1.29 is 13.9 Å². The molecule has 0 spiro atoms. The summed E-state index contributed by atoms with van der Waals surface area (Å²) in [6, 6.07) is 11.4. The van der Waals surface area contributed by atoms with Crippen molar-refractivity contribution in [3.63, 3.8) is 0 Å². The second-order valence-corrected chi connectivity index (χ2v) is 9.21. The molecule has 2 aliphatic rings. The van der Waals surface area contributed by atoms with E-state index in [0.717, 1.165) is 61.6 Å². The van der Waals surface area contributed by atoms with Crippen molar-refractivity contribution in [3.8, 4) is 0 Å². The lowest BCUT2D eigenvalue weighted by molar-refractivity contribution is -0.124. The fourth-order valence-corrected chi connectivity index (χ4v) is 5.19. The molecule has 2 saturated heterocycles. The molecule has 4 rings (SSSR count). The third-order valence-electron chi connectivity index (χ3n) is 6.61. The van der Waals surface area contributed by atoms with Crippen LogP contribution in [0.25, 0.3) is 0 Å². The van der Waals surface area contributed by atoms with Gasteiger partial charge in [-0.05, 0) is 60.9 Å².